The molecule has 0 aliphatic carbocycles. The Morgan fingerprint density at radius 1 is 0.319 bits per heavy atom. The molecule has 0 aliphatic heterocycles. The molecule has 0 amide bonds. The molecule has 0 N–H and O–H groups in total. The van der Waals surface area contributed by atoms with Gasteiger partial charge in [0.1, 0.15) is 11.2 Å². The third kappa shape index (κ3) is 4.84. The first kappa shape index (κ1) is 27.0. The molecule has 9 aromatic rings. The Hall–Kier alpha value is -6.39. The van der Waals surface area contributed by atoms with Gasteiger partial charge >= 0.3 is 0 Å². The molecule has 0 bridgehead atoms. The zero-order chi connectivity index (χ0) is 31.2. The monoisotopic (exact) mass is 601 g/mol. The maximum Gasteiger partial charge on any atom is 0.164 e. The molecule has 0 saturated heterocycles. The maximum atomic E-state index is 6.44. The van der Waals surface area contributed by atoms with Crippen molar-refractivity contribution in [3.8, 4) is 56.4 Å². The molecule has 4 nitrogen and oxygen atoms in total. The van der Waals surface area contributed by atoms with Crippen LogP contribution in [0.5, 0.6) is 0 Å². The topological polar surface area (TPSA) is 51.8 Å². The van der Waals surface area contributed by atoms with Gasteiger partial charge in [-0.1, -0.05) is 146 Å². The largest absolute Gasteiger partial charge is 0.456 e. The van der Waals surface area contributed by atoms with Crippen molar-refractivity contribution >= 4 is 32.7 Å². The number of hydrogen-bond acceptors (Lipinski definition) is 4. The fourth-order valence-corrected chi connectivity index (χ4v) is 6.44. The van der Waals surface area contributed by atoms with Crippen LogP contribution in [0.1, 0.15) is 0 Å². The Morgan fingerprint density at radius 2 is 0.830 bits per heavy atom. The van der Waals surface area contributed by atoms with E-state index >= 15 is 0 Å². The summed E-state index contributed by atoms with van der Waals surface area (Å²) in [6, 6.07) is 56.3. The van der Waals surface area contributed by atoms with Crippen LogP contribution < -0.4 is 0 Å². The second-order valence-electron chi connectivity index (χ2n) is 11.6. The molecule has 7 aromatic carbocycles. The number of rotatable bonds is 5. The SMILES string of the molecule is c1ccc(-c2ccc(-c3nc(-c4ccc5ccccc5c4)nc(-c4cccc5oc6cccc(-c7ccccc7)c6c45)n3)cc2)cc1. The second-order valence-corrected chi connectivity index (χ2v) is 11.6. The first-order chi connectivity index (χ1) is 23.3. The summed E-state index contributed by atoms with van der Waals surface area (Å²) in [4.78, 5) is 15.3. The third-order valence-electron chi connectivity index (χ3n) is 8.74. The molecule has 4 heteroatoms. The molecule has 0 atom stereocenters. The van der Waals surface area contributed by atoms with Gasteiger partial charge in [-0.05, 0) is 51.2 Å². The van der Waals surface area contributed by atoms with E-state index in [0.29, 0.717) is 17.5 Å². The Labute approximate surface area is 271 Å². The molecular formula is C43H27N3O. The van der Waals surface area contributed by atoms with Crippen LogP contribution in [0.3, 0.4) is 0 Å². The van der Waals surface area contributed by atoms with Gasteiger partial charge in [0.2, 0.25) is 0 Å². The quantitative estimate of drug-likeness (QED) is 0.197. The van der Waals surface area contributed by atoms with Crippen LogP contribution in [0.25, 0.3) is 89.1 Å². The van der Waals surface area contributed by atoms with Gasteiger partial charge in [-0.15, -0.1) is 0 Å². The zero-order valence-electron chi connectivity index (χ0n) is 25.3. The van der Waals surface area contributed by atoms with Crippen LogP contribution in [-0.2, 0) is 0 Å². The number of fused-ring (bicyclic) bond motifs is 4. The third-order valence-corrected chi connectivity index (χ3v) is 8.74. The summed E-state index contributed by atoms with van der Waals surface area (Å²) < 4.78 is 6.44. The van der Waals surface area contributed by atoms with Gasteiger partial charge in [0, 0.05) is 27.5 Å². The lowest BCUT2D eigenvalue weighted by atomic mass is 9.97. The summed E-state index contributed by atoms with van der Waals surface area (Å²) in [5, 5.41) is 4.34. The van der Waals surface area contributed by atoms with E-state index < -0.39 is 0 Å². The molecule has 0 spiro atoms. The van der Waals surface area contributed by atoms with E-state index in [9.17, 15) is 0 Å². The van der Waals surface area contributed by atoms with Crippen LogP contribution in [0, 0.1) is 0 Å². The fraction of sp³-hybridized carbons (Fsp3) is 0. The molecule has 0 saturated carbocycles. The number of benzene rings is 7. The predicted octanol–water partition coefficient (Wildman–Crippen LogP) is 11.3. The molecule has 47 heavy (non-hydrogen) atoms. The highest BCUT2D eigenvalue weighted by atomic mass is 16.3. The van der Waals surface area contributed by atoms with Crippen molar-refractivity contribution < 1.29 is 4.42 Å². The summed E-state index contributed by atoms with van der Waals surface area (Å²) in [6.45, 7) is 0. The molecule has 0 unspecified atom stereocenters. The maximum absolute atomic E-state index is 6.44. The minimum atomic E-state index is 0.599. The zero-order valence-corrected chi connectivity index (χ0v) is 25.3. The number of furan rings is 1. The van der Waals surface area contributed by atoms with Crippen molar-refractivity contribution in [3.63, 3.8) is 0 Å². The van der Waals surface area contributed by atoms with Gasteiger partial charge in [-0.3, -0.25) is 0 Å². The Morgan fingerprint density at radius 3 is 1.55 bits per heavy atom. The number of aromatic nitrogens is 3. The van der Waals surface area contributed by atoms with E-state index in [1.165, 1.54) is 10.9 Å². The van der Waals surface area contributed by atoms with Gasteiger partial charge in [0.25, 0.3) is 0 Å². The summed E-state index contributed by atoms with van der Waals surface area (Å²) in [7, 11) is 0. The summed E-state index contributed by atoms with van der Waals surface area (Å²) in [6.07, 6.45) is 0. The van der Waals surface area contributed by atoms with E-state index in [2.05, 4.69) is 127 Å². The lowest BCUT2D eigenvalue weighted by Crippen LogP contribution is -2.00. The van der Waals surface area contributed by atoms with E-state index in [1.807, 2.05) is 36.4 Å². The van der Waals surface area contributed by atoms with E-state index in [-0.39, 0.29) is 0 Å². The first-order valence-electron chi connectivity index (χ1n) is 15.7. The van der Waals surface area contributed by atoms with E-state index in [4.69, 9.17) is 19.4 Å². The van der Waals surface area contributed by atoms with Crippen LogP contribution in [0.15, 0.2) is 168 Å². The molecule has 0 radical (unpaired) electrons. The van der Waals surface area contributed by atoms with Crippen molar-refractivity contribution in [2.45, 2.75) is 0 Å². The summed E-state index contributed by atoms with van der Waals surface area (Å²) in [5.41, 5.74) is 8.92. The minimum absolute atomic E-state index is 0.599. The fourth-order valence-electron chi connectivity index (χ4n) is 6.44. The van der Waals surface area contributed by atoms with E-state index in [0.717, 1.165) is 60.7 Å². The normalized spacial score (nSPS) is 11.4. The molecule has 0 fully saturated rings. The van der Waals surface area contributed by atoms with Crippen molar-refractivity contribution in [1.29, 1.82) is 0 Å². The highest BCUT2D eigenvalue weighted by Crippen LogP contribution is 2.41. The molecule has 2 aromatic heterocycles. The standard InChI is InChI=1S/C43H27N3O/c1-3-11-28(12-4-1)30-21-24-32(25-22-30)41-44-42(34-26-23-29-13-7-8-16-33(29)27-34)46-43(45-41)36-18-10-20-38-40(36)39-35(17-9-19-37(39)47-38)31-14-5-2-6-15-31/h1-27H. The van der Waals surface area contributed by atoms with Crippen LogP contribution in [-0.4, -0.2) is 15.0 Å². The van der Waals surface area contributed by atoms with Crippen LogP contribution in [0.2, 0.25) is 0 Å². The van der Waals surface area contributed by atoms with Crippen molar-refractivity contribution in [2.24, 2.45) is 0 Å². The molecule has 0 aliphatic rings. The average Bonchev–Trinajstić information content (AvgIpc) is 3.54. The van der Waals surface area contributed by atoms with Gasteiger partial charge in [0.15, 0.2) is 17.5 Å². The lowest BCUT2D eigenvalue weighted by molar-refractivity contribution is 0.669. The van der Waals surface area contributed by atoms with Gasteiger partial charge in [-0.2, -0.15) is 0 Å². The highest BCUT2D eigenvalue weighted by Gasteiger charge is 2.20. The summed E-state index contributed by atoms with van der Waals surface area (Å²) in [5.74, 6) is 1.84. The van der Waals surface area contributed by atoms with Gasteiger partial charge in [-0.25, -0.2) is 15.0 Å². The lowest BCUT2D eigenvalue weighted by Gasteiger charge is -2.11. The highest BCUT2D eigenvalue weighted by molar-refractivity contribution is 6.17. The van der Waals surface area contributed by atoms with Gasteiger partial charge < -0.3 is 4.42 Å². The van der Waals surface area contributed by atoms with E-state index in [1.54, 1.807) is 0 Å². The van der Waals surface area contributed by atoms with Crippen LogP contribution in [0.4, 0.5) is 0 Å². The molecule has 9 rings (SSSR count). The Bertz CT molecular complexity index is 2550. The van der Waals surface area contributed by atoms with Crippen LogP contribution >= 0.6 is 0 Å². The van der Waals surface area contributed by atoms with Crippen molar-refractivity contribution in [1.82, 2.24) is 15.0 Å². The predicted molar refractivity (Wildman–Crippen MR) is 192 cm³/mol. The minimum Gasteiger partial charge on any atom is -0.456 e. The molecule has 220 valence electrons. The number of nitrogens with zero attached hydrogens (tertiary/aromatic N) is 3. The first-order valence-corrected chi connectivity index (χ1v) is 15.7. The van der Waals surface area contributed by atoms with Gasteiger partial charge in [0.05, 0.1) is 0 Å². The Balaban J connectivity index is 1.28. The molecule has 2 heterocycles. The smallest absolute Gasteiger partial charge is 0.164 e. The number of hydrogen-bond donors (Lipinski definition) is 0. The Kier molecular flexibility index (Phi) is 6.43. The summed E-state index contributed by atoms with van der Waals surface area (Å²) >= 11 is 0. The molecular weight excluding hydrogens is 574 g/mol. The van der Waals surface area contributed by atoms with Crippen molar-refractivity contribution in [2.75, 3.05) is 0 Å². The second kappa shape index (κ2) is 11.2. The average molecular weight is 602 g/mol. The van der Waals surface area contributed by atoms with Crippen molar-refractivity contribution in [3.05, 3.63) is 164 Å².